The van der Waals surface area contributed by atoms with E-state index in [2.05, 4.69) is 10.6 Å². The summed E-state index contributed by atoms with van der Waals surface area (Å²) in [5.74, 6) is -4.40. The minimum atomic E-state index is -4.72. The van der Waals surface area contributed by atoms with Crippen LogP contribution >= 0.6 is 0 Å². The maximum Gasteiger partial charge on any atom is 0.416 e. The van der Waals surface area contributed by atoms with E-state index in [-0.39, 0.29) is 24.2 Å². The molecular weight excluding hydrogens is 588 g/mol. The molecule has 1 saturated heterocycles. The van der Waals surface area contributed by atoms with Crippen molar-refractivity contribution < 1.29 is 55.4 Å². The molecule has 1 aliphatic heterocycles. The predicted octanol–water partition coefficient (Wildman–Crippen LogP) is 5.10. The van der Waals surface area contributed by atoms with Gasteiger partial charge in [-0.05, 0) is 63.1 Å². The summed E-state index contributed by atoms with van der Waals surface area (Å²) in [6.07, 6.45) is -11.1. The molecule has 2 aromatic carbocycles. The Kier molecular flexibility index (Phi) is 9.66. The van der Waals surface area contributed by atoms with Crippen LogP contribution in [0.3, 0.4) is 0 Å². The number of nitrogens with zero attached hydrogens (tertiary/aromatic N) is 1. The van der Waals surface area contributed by atoms with Gasteiger partial charge in [-0.3, -0.25) is 19.3 Å². The van der Waals surface area contributed by atoms with Crippen LogP contribution in [0.4, 0.5) is 36.8 Å². The molecular formula is C28H29F6N3O6. The van der Waals surface area contributed by atoms with E-state index in [0.29, 0.717) is 6.07 Å². The zero-order chi connectivity index (χ0) is 32.3. The van der Waals surface area contributed by atoms with Crippen LogP contribution in [-0.4, -0.2) is 58.1 Å². The molecule has 2 aromatic rings. The molecule has 3 N–H and O–H groups in total. The Hall–Kier alpha value is -4.30. The zero-order valence-corrected chi connectivity index (χ0v) is 23.2. The molecule has 1 heterocycles. The van der Waals surface area contributed by atoms with E-state index in [1.807, 2.05) is 0 Å². The van der Waals surface area contributed by atoms with Crippen LogP contribution in [0, 0.1) is 5.92 Å². The van der Waals surface area contributed by atoms with Gasteiger partial charge in [0.15, 0.2) is 0 Å². The maximum atomic E-state index is 13.4. The third-order valence-electron chi connectivity index (χ3n) is 6.39. The van der Waals surface area contributed by atoms with Gasteiger partial charge < -0.3 is 20.5 Å². The second-order valence-electron chi connectivity index (χ2n) is 10.9. The zero-order valence-electron chi connectivity index (χ0n) is 23.2. The van der Waals surface area contributed by atoms with Gasteiger partial charge in [0.2, 0.25) is 11.8 Å². The van der Waals surface area contributed by atoms with E-state index in [1.54, 1.807) is 20.8 Å². The molecule has 15 heteroatoms. The number of carbonyl (C=O) groups is 4. The van der Waals surface area contributed by atoms with Crippen LogP contribution in [0.5, 0.6) is 0 Å². The number of likely N-dealkylation sites (tertiary alicyclic amines) is 1. The summed E-state index contributed by atoms with van der Waals surface area (Å²) in [4.78, 5) is 52.0. The van der Waals surface area contributed by atoms with Crippen molar-refractivity contribution in [3.63, 3.8) is 0 Å². The average Bonchev–Trinajstić information content (AvgIpc) is 3.33. The minimum absolute atomic E-state index is 0.163. The Labute approximate surface area is 242 Å². The van der Waals surface area contributed by atoms with E-state index in [4.69, 9.17) is 4.74 Å². The molecule has 0 aliphatic carbocycles. The Balaban J connectivity index is 1.90. The molecule has 1 aliphatic rings. The Bertz CT molecular complexity index is 1350. The van der Waals surface area contributed by atoms with Crippen molar-refractivity contribution in [2.45, 2.75) is 63.7 Å². The van der Waals surface area contributed by atoms with Gasteiger partial charge in [-0.2, -0.15) is 26.3 Å². The number of aliphatic carboxylic acids is 1. The monoisotopic (exact) mass is 617 g/mol. The van der Waals surface area contributed by atoms with Crippen molar-refractivity contribution in [2.75, 3.05) is 11.9 Å². The number of rotatable bonds is 7. The SMILES string of the molecule is CC(C)(C)OC(=O)N1C[C@@H](C(=O)O)CC1C(=O)N[C@@H](Cc1ccc(C(F)(F)F)cc1)C(=O)Nc1cccc(C(F)(F)F)c1. The Morgan fingerprint density at radius 2 is 1.56 bits per heavy atom. The summed E-state index contributed by atoms with van der Waals surface area (Å²) in [6.45, 7) is 4.30. The van der Waals surface area contributed by atoms with Crippen molar-refractivity contribution in [3.8, 4) is 0 Å². The number of halogens is 6. The van der Waals surface area contributed by atoms with E-state index in [1.165, 1.54) is 6.07 Å². The molecule has 0 saturated carbocycles. The molecule has 3 atom stereocenters. The van der Waals surface area contributed by atoms with E-state index >= 15 is 0 Å². The molecule has 0 radical (unpaired) electrons. The molecule has 1 fully saturated rings. The van der Waals surface area contributed by atoms with Gasteiger partial charge in [0.1, 0.15) is 17.7 Å². The highest BCUT2D eigenvalue weighted by Crippen LogP contribution is 2.32. The molecule has 0 aromatic heterocycles. The Morgan fingerprint density at radius 3 is 2.09 bits per heavy atom. The first kappa shape index (κ1) is 33.2. The third kappa shape index (κ3) is 9.09. The molecule has 234 valence electrons. The standard InChI is InChI=1S/C28H29F6N3O6/c1-26(2,3)43-25(42)37-14-16(24(40)41)12-21(37)23(39)36-20(11-15-7-9-17(10-8-15)27(29,30)31)22(38)35-19-6-4-5-18(13-19)28(32,33)34/h4-10,13,16,20-21H,11-12,14H2,1-3H3,(H,35,38)(H,36,39)(H,40,41)/t16-,20-,21?/m0/s1. The van der Waals surface area contributed by atoms with Gasteiger partial charge in [-0.1, -0.05) is 18.2 Å². The van der Waals surface area contributed by atoms with E-state index in [9.17, 15) is 50.6 Å². The summed E-state index contributed by atoms with van der Waals surface area (Å²) >= 11 is 0. The minimum Gasteiger partial charge on any atom is -0.481 e. The number of hydrogen-bond acceptors (Lipinski definition) is 5. The molecule has 3 amide bonds. The fourth-order valence-electron chi connectivity index (χ4n) is 4.33. The summed E-state index contributed by atoms with van der Waals surface area (Å²) in [7, 11) is 0. The van der Waals surface area contributed by atoms with Crippen molar-refractivity contribution in [3.05, 3.63) is 65.2 Å². The fraction of sp³-hybridized carbons (Fsp3) is 0.429. The van der Waals surface area contributed by atoms with Crippen LogP contribution in [0.2, 0.25) is 0 Å². The van der Waals surface area contributed by atoms with E-state index in [0.717, 1.165) is 41.3 Å². The average molecular weight is 618 g/mol. The first-order valence-electron chi connectivity index (χ1n) is 12.9. The van der Waals surface area contributed by atoms with Gasteiger partial charge in [0, 0.05) is 18.7 Å². The van der Waals surface area contributed by atoms with Crippen LogP contribution in [0.1, 0.15) is 43.9 Å². The lowest BCUT2D eigenvalue weighted by Gasteiger charge is -2.29. The molecule has 0 spiro atoms. The lowest BCUT2D eigenvalue weighted by Crippen LogP contribution is -2.53. The number of anilines is 1. The van der Waals surface area contributed by atoms with Crippen LogP contribution < -0.4 is 10.6 Å². The van der Waals surface area contributed by atoms with Crippen LogP contribution in [0.15, 0.2) is 48.5 Å². The van der Waals surface area contributed by atoms with Crippen molar-refractivity contribution >= 4 is 29.6 Å². The van der Waals surface area contributed by atoms with E-state index < -0.39 is 77.4 Å². The lowest BCUT2D eigenvalue weighted by atomic mass is 10.0. The normalized spacial score (nSPS) is 18.1. The summed E-state index contributed by atoms with van der Waals surface area (Å²) in [5.41, 5.74) is -3.13. The van der Waals surface area contributed by atoms with Gasteiger partial charge in [-0.15, -0.1) is 0 Å². The van der Waals surface area contributed by atoms with Gasteiger partial charge in [0.25, 0.3) is 0 Å². The van der Waals surface area contributed by atoms with Crippen molar-refractivity contribution in [1.29, 1.82) is 0 Å². The highest BCUT2D eigenvalue weighted by molar-refractivity contribution is 5.98. The van der Waals surface area contributed by atoms with Crippen molar-refractivity contribution in [1.82, 2.24) is 10.2 Å². The predicted molar refractivity (Wildman–Crippen MR) is 140 cm³/mol. The van der Waals surface area contributed by atoms with Gasteiger partial charge in [-0.25, -0.2) is 4.79 Å². The fourth-order valence-corrected chi connectivity index (χ4v) is 4.33. The largest absolute Gasteiger partial charge is 0.481 e. The van der Waals surface area contributed by atoms with Gasteiger partial charge >= 0.3 is 24.4 Å². The van der Waals surface area contributed by atoms with Crippen LogP contribution in [0.25, 0.3) is 0 Å². The second-order valence-corrected chi connectivity index (χ2v) is 10.9. The summed E-state index contributed by atoms with van der Waals surface area (Å²) in [5, 5.41) is 14.2. The molecule has 3 rings (SSSR count). The quantitative estimate of drug-likeness (QED) is 0.372. The number of alkyl halides is 6. The highest BCUT2D eigenvalue weighted by Gasteiger charge is 2.45. The number of benzene rings is 2. The first-order valence-corrected chi connectivity index (χ1v) is 12.9. The third-order valence-corrected chi connectivity index (χ3v) is 6.39. The summed E-state index contributed by atoms with van der Waals surface area (Å²) < 4.78 is 83.9. The number of hydrogen-bond donors (Lipinski definition) is 3. The second kappa shape index (κ2) is 12.5. The Morgan fingerprint density at radius 1 is 0.953 bits per heavy atom. The molecule has 9 nitrogen and oxygen atoms in total. The number of nitrogens with one attached hydrogen (secondary N) is 2. The number of carbonyl (C=O) groups excluding carboxylic acids is 3. The number of ether oxygens (including phenoxy) is 1. The number of carboxylic acid groups (broad SMARTS) is 1. The summed E-state index contributed by atoms with van der Waals surface area (Å²) in [6, 6.07) is 4.37. The molecule has 43 heavy (non-hydrogen) atoms. The maximum absolute atomic E-state index is 13.4. The number of carboxylic acids is 1. The molecule has 1 unspecified atom stereocenters. The van der Waals surface area contributed by atoms with Crippen LogP contribution in [-0.2, 0) is 37.9 Å². The van der Waals surface area contributed by atoms with Crippen molar-refractivity contribution in [2.24, 2.45) is 5.92 Å². The highest BCUT2D eigenvalue weighted by atomic mass is 19.4. The van der Waals surface area contributed by atoms with Gasteiger partial charge in [0.05, 0.1) is 17.0 Å². The molecule has 0 bridgehead atoms. The number of amides is 3. The lowest BCUT2D eigenvalue weighted by molar-refractivity contribution is -0.141. The first-order chi connectivity index (χ1) is 19.7. The smallest absolute Gasteiger partial charge is 0.416 e. The topological polar surface area (TPSA) is 125 Å².